The molecule has 0 unspecified atom stereocenters. The van der Waals surface area contributed by atoms with E-state index in [9.17, 15) is 9.59 Å². The van der Waals surface area contributed by atoms with E-state index >= 15 is 0 Å². The third kappa shape index (κ3) is 3.40. The third-order valence-corrected chi connectivity index (χ3v) is 4.51. The average molecular weight is 393 g/mol. The number of benzene rings is 2. The number of hydrogen-bond donors (Lipinski definition) is 1. The lowest BCUT2D eigenvalue weighted by Gasteiger charge is -2.22. The molecule has 0 saturated heterocycles. The molecule has 3 aromatic rings. The van der Waals surface area contributed by atoms with E-state index in [4.69, 9.17) is 19.9 Å². The zero-order chi connectivity index (χ0) is 20.5. The lowest BCUT2D eigenvalue weighted by atomic mass is 10.1. The third-order valence-electron chi connectivity index (χ3n) is 4.51. The Balaban J connectivity index is 1.94. The van der Waals surface area contributed by atoms with Gasteiger partial charge < -0.3 is 19.9 Å². The molecule has 1 aliphatic heterocycles. The molecular weight excluding hydrogens is 374 g/mol. The standard InChI is InChI=1S/C21H19N3O5/c1-3-27-20(25)15-8-13-9-17-18(29-11-28-17)10-16(13)23-19(15)24(21(22)26)14-6-4-12(2)5-7-14/h4-10H,3,11H2,1-2H3,(H2,22,26). The number of fused-ring (bicyclic) bond motifs is 2. The fourth-order valence-corrected chi connectivity index (χ4v) is 3.13. The molecule has 2 heterocycles. The highest BCUT2D eigenvalue weighted by Gasteiger charge is 2.26. The topological polar surface area (TPSA) is 104 Å². The van der Waals surface area contributed by atoms with Crippen LogP contribution in [-0.2, 0) is 4.74 Å². The van der Waals surface area contributed by atoms with Crippen molar-refractivity contribution in [1.29, 1.82) is 0 Å². The zero-order valence-corrected chi connectivity index (χ0v) is 16.0. The largest absolute Gasteiger partial charge is 0.462 e. The lowest BCUT2D eigenvalue weighted by molar-refractivity contribution is 0.0527. The van der Waals surface area contributed by atoms with Gasteiger partial charge in [0.2, 0.25) is 6.79 Å². The molecule has 4 rings (SSSR count). The predicted molar refractivity (Wildman–Crippen MR) is 107 cm³/mol. The van der Waals surface area contributed by atoms with Gasteiger partial charge in [0.25, 0.3) is 0 Å². The van der Waals surface area contributed by atoms with Crippen LogP contribution in [0.15, 0.2) is 42.5 Å². The van der Waals surface area contributed by atoms with Gasteiger partial charge in [-0.05, 0) is 38.1 Å². The number of aryl methyl sites for hydroxylation is 1. The van der Waals surface area contributed by atoms with Crippen molar-refractivity contribution in [2.45, 2.75) is 13.8 Å². The fraction of sp³-hybridized carbons (Fsp3) is 0.190. The second-order valence-corrected chi connectivity index (χ2v) is 6.49. The van der Waals surface area contributed by atoms with Crippen LogP contribution >= 0.6 is 0 Å². The highest BCUT2D eigenvalue weighted by Crippen LogP contribution is 2.38. The Labute approximate surface area is 166 Å². The number of amides is 2. The van der Waals surface area contributed by atoms with E-state index in [1.165, 1.54) is 4.90 Å². The first-order chi connectivity index (χ1) is 14.0. The second-order valence-electron chi connectivity index (χ2n) is 6.49. The number of aromatic nitrogens is 1. The molecule has 0 radical (unpaired) electrons. The first kappa shape index (κ1) is 18.5. The number of primary amides is 1. The van der Waals surface area contributed by atoms with Crippen LogP contribution in [0.25, 0.3) is 10.9 Å². The van der Waals surface area contributed by atoms with Crippen molar-refractivity contribution in [3.05, 3.63) is 53.6 Å². The predicted octanol–water partition coefficient (Wildman–Crippen LogP) is 3.67. The van der Waals surface area contributed by atoms with Crippen LogP contribution in [0.5, 0.6) is 11.5 Å². The van der Waals surface area contributed by atoms with Crippen molar-refractivity contribution in [2.24, 2.45) is 5.73 Å². The molecule has 0 fully saturated rings. The number of nitrogens with zero attached hydrogens (tertiary/aromatic N) is 2. The highest BCUT2D eigenvalue weighted by atomic mass is 16.7. The molecule has 0 atom stereocenters. The molecule has 2 N–H and O–H groups in total. The number of hydrogen-bond acceptors (Lipinski definition) is 6. The first-order valence-electron chi connectivity index (χ1n) is 9.05. The van der Waals surface area contributed by atoms with Crippen LogP contribution in [0.4, 0.5) is 16.3 Å². The molecule has 0 spiro atoms. The Hall–Kier alpha value is -3.81. The summed E-state index contributed by atoms with van der Waals surface area (Å²) in [4.78, 5) is 30.8. The van der Waals surface area contributed by atoms with Gasteiger partial charge in [-0.2, -0.15) is 0 Å². The lowest BCUT2D eigenvalue weighted by Crippen LogP contribution is -2.33. The van der Waals surface area contributed by atoms with Crippen LogP contribution in [0.2, 0.25) is 0 Å². The molecule has 0 saturated carbocycles. The van der Waals surface area contributed by atoms with Crippen LogP contribution < -0.4 is 20.1 Å². The number of carbonyl (C=O) groups is 2. The van der Waals surface area contributed by atoms with Crippen molar-refractivity contribution in [2.75, 3.05) is 18.3 Å². The Bertz CT molecular complexity index is 1110. The maximum absolute atomic E-state index is 12.7. The Morgan fingerprint density at radius 1 is 1.14 bits per heavy atom. The number of nitrogens with two attached hydrogens (primary N) is 1. The molecular formula is C21H19N3O5. The minimum absolute atomic E-state index is 0.0890. The smallest absolute Gasteiger partial charge is 0.341 e. The van der Waals surface area contributed by atoms with E-state index in [-0.39, 0.29) is 24.8 Å². The van der Waals surface area contributed by atoms with Gasteiger partial charge in [-0.15, -0.1) is 0 Å². The monoisotopic (exact) mass is 393 g/mol. The summed E-state index contributed by atoms with van der Waals surface area (Å²) in [5, 5.41) is 0.648. The number of pyridine rings is 1. The number of carbonyl (C=O) groups excluding carboxylic acids is 2. The van der Waals surface area contributed by atoms with Crippen molar-refractivity contribution < 1.29 is 23.8 Å². The van der Waals surface area contributed by atoms with E-state index in [0.717, 1.165) is 5.56 Å². The molecule has 148 valence electrons. The summed E-state index contributed by atoms with van der Waals surface area (Å²) in [6.07, 6.45) is 0. The maximum Gasteiger partial charge on any atom is 0.341 e. The highest BCUT2D eigenvalue weighted by molar-refractivity contribution is 6.07. The van der Waals surface area contributed by atoms with Gasteiger partial charge >= 0.3 is 12.0 Å². The minimum atomic E-state index is -0.771. The summed E-state index contributed by atoms with van der Waals surface area (Å²) in [6, 6.07) is 11.4. The number of rotatable bonds is 4. The Morgan fingerprint density at radius 2 is 1.83 bits per heavy atom. The van der Waals surface area contributed by atoms with Gasteiger partial charge in [0.15, 0.2) is 17.3 Å². The molecule has 29 heavy (non-hydrogen) atoms. The summed E-state index contributed by atoms with van der Waals surface area (Å²) in [5.74, 6) is 0.590. The van der Waals surface area contributed by atoms with Crippen LogP contribution in [0, 0.1) is 6.92 Å². The van der Waals surface area contributed by atoms with E-state index in [1.807, 2.05) is 19.1 Å². The Kier molecular flexibility index (Phi) is 4.67. The summed E-state index contributed by atoms with van der Waals surface area (Å²) in [6.45, 7) is 3.92. The summed E-state index contributed by atoms with van der Waals surface area (Å²) < 4.78 is 16.0. The van der Waals surface area contributed by atoms with Crippen molar-refractivity contribution in [1.82, 2.24) is 4.98 Å². The Morgan fingerprint density at radius 3 is 2.48 bits per heavy atom. The number of urea groups is 1. The minimum Gasteiger partial charge on any atom is -0.462 e. The quantitative estimate of drug-likeness (QED) is 0.678. The van der Waals surface area contributed by atoms with Crippen LogP contribution in [0.1, 0.15) is 22.8 Å². The normalized spacial score (nSPS) is 12.1. The van der Waals surface area contributed by atoms with Gasteiger partial charge in [0, 0.05) is 11.5 Å². The van der Waals surface area contributed by atoms with Gasteiger partial charge in [0.1, 0.15) is 5.56 Å². The molecule has 1 aromatic heterocycles. The van der Waals surface area contributed by atoms with Crippen molar-refractivity contribution in [3.8, 4) is 11.5 Å². The maximum atomic E-state index is 12.7. The number of esters is 1. The van der Waals surface area contributed by atoms with Gasteiger partial charge in [-0.1, -0.05) is 17.7 Å². The summed E-state index contributed by atoms with van der Waals surface area (Å²) in [7, 11) is 0. The number of ether oxygens (including phenoxy) is 3. The van der Waals surface area contributed by atoms with Gasteiger partial charge in [0.05, 0.1) is 17.8 Å². The molecule has 8 nitrogen and oxygen atoms in total. The molecule has 1 aliphatic rings. The van der Waals surface area contributed by atoms with E-state index in [1.54, 1.807) is 37.3 Å². The van der Waals surface area contributed by atoms with Gasteiger partial charge in [-0.25, -0.2) is 19.5 Å². The molecule has 8 heteroatoms. The zero-order valence-electron chi connectivity index (χ0n) is 16.0. The molecule has 0 aliphatic carbocycles. The fourth-order valence-electron chi connectivity index (χ4n) is 3.13. The first-order valence-corrected chi connectivity index (χ1v) is 9.05. The molecule has 2 aromatic carbocycles. The van der Waals surface area contributed by atoms with Crippen LogP contribution in [0.3, 0.4) is 0 Å². The van der Waals surface area contributed by atoms with E-state index in [0.29, 0.717) is 28.1 Å². The number of anilines is 2. The van der Waals surface area contributed by atoms with Crippen LogP contribution in [-0.4, -0.2) is 30.4 Å². The molecule has 0 bridgehead atoms. The summed E-state index contributed by atoms with van der Waals surface area (Å²) in [5.41, 5.74) is 7.82. The van der Waals surface area contributed by atoms with E-state index in [2.05, 4.69) is 4.98 Å². The second kappa shape index (κ2) is 7.31. The van der Waals surface area contributed by atoms with Crippen molar-refractivity contribution in [3.63, 3.8) is 0 Å². The van der Waals surface area contributed by atoms with Crippen molar-refractivity contribution >= 4 is 34.4 Å². The van der Waals surface area contributed by atoms with E-state index < -0.39 is 12.0 Å². The summed E-state index contributed by atoms with van der Waals surface area (Å²) >= 11 is 0. The molecule has 2 amide bonds. The van der Waals surface area contributed by atoms with Gasteiger partial charge in [-0.3, -0.25) is 0 Å². The average Bonchev–Trinajstić information content (AvgIpc) is 3.14. The SMILES string of the molecule is CCOC(=O)c1cc2cc3c(cc2nc1N(C(N)=O)c1ccc(C)cc1)OCO3.